The molecule has 0 atom stereocenters. The Bertz CT molecular complexity index is 1180. The lowest BCUT2D eigenvalue weighted by atomic mass is 10.2. The molecule has 0 spiro atoms. The second-order valence-electron chi connectivity index (χ2n) is 6.65. The smallest absolute Gasteiger partial charge is 0.275 e. The number of carbonyl (C=O) groups is 1. The molecule has 0 aliphatic heterocycles. The second-order valence-corrected chi connectivity index (χ2v) is 7.81. The van der Waals surface area contributed by atoms with Gasteiger partial charge in [-0.05, 0) is 70.1 Å². The van der Waals surface area contributed by atoms with E-state index < -0.39 is 10.8 Å². The Morgan fingerprint density at radius 2 is 1.79 bits per heavy atom. The van der Waals surface area contributed by atoms with Gasteiger partial charge in [-0.2, -0.15) is 5.10 Å². The molecule has 33 heavy (non-hydrogen) atoms. The van der Waals surface area contributed by atoms with Crippen LogP contribution in [0.2, 0.25) is 0 Å². The summed E-state index contributed by atoms with van der Waals surface area (Å²) in [5, 5.41) is 14.8. The van der Waals surface area contributed by atoms with Crippen LogP contribution in [0.25, 0.3) is 0 Å². The maximum Gasteiger partial charge on any atom is 0.275 e. The van der Waals surface area contributed by atoms with E-state index in [1.54, 1.807) is 42.5 Å². The van der Waals surface area contributed by atoms with Gasteiger partial charge < -0.3 is 14.2 Å². The topological polar surface area (TPSA) is 112 Å². The molecule has 3 aromatic rings. The summed E-state index contributed by atoms with van der Waals surface area (Å²) in [7, 11) is 3.02. The number of benzene rings is 3. The van der Waals surface area contributed by atoms with E-state index in [1.165, 1.54) is 32.6 Å². The van der Waals surface area contributed by atoms with Gasteiger partial charge in [-0.25, -0.2) is 5.43 Å². The average molecular weight is 561 g/mol. The third kappa shape index (κ3) is 6.19. The Hall–Kier alpha value is -3.67. The predicted octanol–water partition coefficient (Wildman–Crippen LogP) is 4.56. The largest absolute Gasteiger partial charge is 0.496 e. The fourth-order valence-electron chi connectivity index (χ4n) is 2.88. The summed E-state index contributed by atoms with van der Waals surface area (Å²) in [6.07, 6.45) is 1.50. The molecule has 10 heteroatoms. The lowest BCUT2D eigenvalue weighted by Gasteiger charge is -2.13. The van der Waals surface area contributed by atoms with Gasteiger partial charge in [0.2, 0.25) is 0 Å². The summed E-state index contributed by atoms with van der Waals surface area (Å²) in [6.45, 7) is 0.215. The summed E-state index contributed by atoms with van der Waals surface area (Å²) >= 11 is 2.12. The van der Waals surface area contributed by atoms with Crippen LogP contribution in [0, 0.1) is 13.7 Å². The van der Waals surface area contributed by atoms with Gasteiger partial charge in [-0.15, -0.1) is 0 Å². The number of rotatable bonds is 9. The minimum Gasteiger partial charge on any atom is -0.496 e. The van der Waals surface area contributed by atoms with Crippen LogP contribution in [-0.2, 0) is 6.61 Å². The normalized spacial score (nSPS) is 10.6. The predicted molar refractivity (Wildman–Crippen MR) is 131 cm³/mol. The molecule has 0 radical (unpaired) electrons. The molecule has 0 saturated heterocycles. The molecule has 3 rings (SSSR count). The average Bonchev–Trinajstić information content (AvgIpc) is 2.83. The minimum atomic E-state index is -0.449. The van der Waals surface area contributed by atoms with Crippen molar-refractivity contribution in [2.24, 2.45) is 5.10 Å². The first kappa shape index (κ1) is 24.0. The van der Waals surface area contributed by atoms with Crippen molar-refractivity contribution < 1.29 is 23.9 Å². The first-order valence-corrected chi connectivity index (χ1v) is 10.7. The van der Waals surface area contributed by atoms with Crippen LogP contribution >= 0.6 is 22.6 Å². The molecule has 0 aromatic heterocycles. The van der Waals surface area contributed by atoms with E-state index >= 15 is 0 Å². The molecule has 0 heterocycles. The highest BCUT2D eigenvalue weighted by Gasteiger charge is 2.13. The third-order valence-corrected chi connectivity index (χ3v) is 5.31. The van der Waals surface area contributed by atoms with Gasteiger partial charge >= 0.3 is 0 Å². The number of nitro groups is 1. The summed E-state index contributed by atoms with van der Waals surface area (Å²) in [5.74, 6) is 1.08. The van der Waals surface area contributed by atoms with Gasteiger partial charge in [0.05, 0.1) is 34.5 Å². The molecular weight excluding hydrogens is 541 g/mol. The minimum absolute atomic E-state index is 0.0207. The van der Waals surface area contributed by atoms with Crippen molar-refractivity contribution in [3.63, 3.8) is 0 Å². The van der Waals surface area contributed by atoms with Gasteiger partial charge in [0.15, 0.2) is 11.5 Å². The molecule has 0 unspecified atom stereocenters. The van der Waals surface area contributed by atoms with E-state index in [-0.39, 0.29) is 12.3 Å². The number of nitrogens with zero attached hydrogens (tertiary/aromatic N) is 2. The lowest BCUT2D eigenvalue weighted by molar-refractivity contribution is -0.384. The number of hydrogen-bond donors (Lipinski definition) is 1. The van der Waals surface area contributed by atoms with Crippen LogP contribution in [0.1, 0.15) is 21.5 Å². The van der Waals surface area contributed by atoms with Crippen LogP contribution in [0.4, 0.5) is 5.69 Å². The highest BCUT2D eigenvalue weighted by molar-refractivity contribution is 14.1. The Labute approximate surface area is 203 Å². The van der Waals surface area contributed by atoms with Gasteiger partial charge in [-0.3, -0.25) is 14.9 Å². The number of nitro benzene ring substituents is 1. The summed E-state index contributed by atoms with van der Waals surface area (Å²) in [5.41, 5.74) is 4.35. The first-order valence-electron chi connectivity index (χ1n) is 9.63. The van der Waals surface area contributed by atoms with E-state index in [9.17, 15) is 14.9 Å². The molecule has 1 N–H and O–H groups in total. The molecule has 170 valence electrons. The van der Waals surface area contributed by atoms with E-state index in [0.717, 1.165) is 9.13 Å². The standard InChI is InChI=1S/C23H20IN3O6/c1-31-20-6-4-3-5-18(20)23(28)26-25-13-16-11-19(24)22(21(12-16)32-2)33-14-15-7-9-17(10-8-15)27(29)30/h3-13H,14H2,1-2H3,(H,26,28)/b25-13+. The molecule has 0 saturated carbocycles. The second kappa shape index (κ2) is 11.3. The van der Waals surface area contributed by atoms with Gasteiger partial charge in [0.1, 0.15) is 12.4 Å². The number of methoxy groups -OCH3 is 2. The number of amides is 1. The maximum atomic E-state index is 12.3. The lowest BCUT2D eigenvalue weighted by Crippen LogP contribution is -2.18. The molecule has 0 fully saturated rings. The van der Waals surface area contributed by atoms with Crippen molar-refractivity contribution in [2.45, 2.75) is 6.61 Å². The molecule has 9 nitrogen and oxygen atoms in total. The Morgan fingerprint density at radius 3 is 2.45 bits per heavy atom. The highest BCUT2D eigenvalue weighted by Crippen LogP contribution is 2.34. The first-order chi connectivity index (χ1) is 15.9. The zero-order valence-corrected chi connectivity index (χ0v) is 19.9. The maximum absolute atomic E-state index is 12.3. The number of nitrogens with one attached hydrogen (secondary N) is 1. The van der Waals surface area contributed by atoms with Crippen molar-refractivity contribution in [1.82, 2.24) is 5.43 Å². The van der Waals surface area contributed by atoms with Gasteiger partial charge in [-0.1, -0.05) is 12.1 Å². The van der Waals surface area contributed by atoms with Crippen molar-refractivity contribution in [3.8, 4) is 17.2 Å². The van der Waals surface area contributed by atoms with Crippen molar-refractivity contribution in [3.05, 3.63) is 91.0 Å². The fourth-order valence-corrected chi connectivity index (χ4v) is 3.66. The quantitative estimate of drug-likeness (QED) is 0.178. The van der Waals surface area contributed by atoms with E-state index in [4.69, 9.17) is 14.2 Å². The summed E-state index contributed by atoms with van der Waals surface area (Å²) in [4.78, 5) is 22.7. The van der Waals surface area contributed by atoms with Crippen molar-refractivity contribution >= 4 is 40.4 Å². The van der Waals surface area contributed by atoms with Crippen molar-refractivity contribution in [2.75, 3.05) is 14.2 Å². The molecule has 0 aliphatic carbocycles. The Kier molecular flexibility index (Phi) is 8.19. The Morgan fingerprint density at radius 1 is 1.09 bits per heavy atom. The van der Waals surface area contributed by atoms with Gasteiger partial charge in [0, 0.05) is 12.1 Å². The molecule has 3 aromatic carbocycles. The number of ether oxygens (including phenoxy) is 3. The Balaban J connectivity index is 1.69. The molecular formula is C23H20IN3O6. The summed E-state index contributed by atoms with van der Waals surface area (Å²) < 4.78 is 17.3. The van der Waals surface area contributed by atoms with Crippen LogP contribution in [0.15, 0.2) is 65.8 Å². The van der Waals surface area contributed by atoms with Crippen LogP contribution in [0.5, 0.6) is 17.2 Å². The van der Waals surface area contributed by atoms with E-state index in [0.29, 0.717) is 28.4 Å². The fraction of sp³-hybridized carbons (Fsp3) is 0.130. The molecule has 0 aliphatic rings. The number of hydrazone groups is 1. The number of hydrogen-bond acceptors (Lipinski definition) is 7. The monoisotopic (exact) mass is 561 g/mol. The number of halogens is 1. The van der Waals surface area contributed by atoms with Crippen LogP contribution < -0.4 is 19.6 Å². The number of para-hydroxylation sites is 1. The SMILES string of the molecule is COc1ccccc1C(=O)N/N=C/c1cc(I)c(OCc2ccc([N+](=O)[O-])cc2)c(OC)c1. The third-order valence-electron chi connectivity index (χ3n) is 4.51. The van der Waals surface area contributed by atoms with E-state index in [2.05, 4.69) is 33.1 Å². The van der Waals surface area contributed by atoms with Crippen LogP contribution in [0.3, 0.4) is 0 Å². The summed E-state index contributed by atoms with van der Waals surface area (Å²) in [6, 6.07) is 16.6. The zero-order chi connectivity index (χ0) is 23.8. The molecule has 0 bridgehead atoms. The van der Waals surface area contributed by atoms with Crippen molar-refractivity contribution in [1.29, 1.82) is 0 Å². The number of carbonyl (C=O) groups excluding carboxylic acids is 1. The van der Waals surface area contributed by atoms with Crippen LogP contribution in [-0.4, -0.2) is 31.3 Å². The number of non-ortho nitro benzene ring substituents is 1. The molecule has 1 amide bonds. The highest BCUT2D eigenvalue weighted by atomic mass is 127. The van der Waals surface area contributed by atoms with Gasteiger partial charge in [0.25, 0.3) is 11.6 Å². The zero-order valence-electron chi connectivity index (χ0n) is 17.8. The van der Waals surface area contributed by atoms with E-state index in [1.807, 2.05) is 6.07 Å².